The van der Waals surface area contributed by atoms with Crippen LogP contribution in [0.3, 0.4) is 0 Å². The lowest BCUT2D eigenvalue weighted by Gasteiger charge is -2.34. The van der Waals surface area contributed by atoms with Gasteiger partial charge >= 0.3 is 0 Å². The van der Waals surface area contributed by atoms with Crippen molar-refractivity contribution in [2.45, 2.75) is 17.9 Å². The Morgan fingerprint density at radius 2 is 1.42 bits per heavy atom. The van der Waals surface area contributed by atoms with E-state index in [2.05, 4.69) is 46.7 Å². The summed E-state index contributed by atoms with van der Waals surface area (Å²) in [6, 6.07) is 24.5. The van der Waals surface area contributed by atoms with Crippen LogP contribution in [0.5, 0.6) is 0 Å². The van der Waals surface area contributed by atoms with Crippen LogP contribution in [-0.4, -0.2) is 50.9 Å². The van der Waals surface area contributed by atoms with E-state index in [4.69, 9.17) is 5.73 Å². The Labute approximate surface area is 197 Å². The first-order valence-corrected chi connectivity index (χ1v) is 12.8. The van der Waals surface area contributed by atoms with Crippen LogP contribution in [0.2, 0.25) is 0 Å². The van der Waals surface area contributed by atoms with Gasteiger partial charge in [0, 0.05) is 50.5 Å². The van der Waals surface area contributed by atoms with Crippen molar-refractivity contribution < 1.29 is 8.42 Å². The number of nitrogens with zero attached hydrogens (tertiary/aromatic N) is 2. The van der Waals surface area contributed by atoms with Crippen molar-refractivity contribution in [1.82, 2.24) is 9.80 Å². The standard InChI is InChI=1S/C27H31N3O2S/c1-22(33(31,32)25-12-6-3-7-13-25)26-14-8-11-24(27(26)28)15-16-29-17-19-30(20-18-29)21-23-9-4-2-5-10-23/h2-14H,1,15-21,28H2. The van der Waals surface area contributed by atoms with Crippen molar-refractivity contribution in [3.05, 3.63) is 102 Å². The molecule has 0 unspecified atom stereocenters. The predicted molar refractivity (Wildman–Crippen MR) is 135 cm³/mol. The minimum Gasteiger partial charge on any atom is -0.398 e. The number of nitrogen functional groups attached to an aromatic ring is 1. The largest absolute Gasteiger partial charge is 0.398 e. The van der Waals surface area contributed by atoms with Gasteiger partial charge in [0.15, 0.2) is 0 Å². The highest BCUT2D eigenvalue weighted by Gasteiger charge is 2.23. The summed E-state index contributed by atoms with van der Waals surface area (Å²) >= 11 is 0. The fourth-order valence-corrected chi connectivity index (χ4v) is 5.52. The lowest BCUT2D eigenvalue weighted by molar-refractivity contribution is 0.128. The SMILES string of the molecule is C=C(c1cccc(CCN2CCN(Cc3ccccc3)CC2)c1N)S(=O)(=O)c1ccccc1. The van der Waals surface area contributed by atoms with Gasteiger partial charge < -0.3 is 10.6 Å². The average Bonchev–Trinajstić information content (AvgIpc) is 2.85. The Hall–Kier alpha value is -2.93. The monoisotopic (exact) mass is 461 g/mol. The van der Waals surface area contributed by atoms with Gasteiger partial charge in [-0.15, -0.1) is 0 Å². The first kappa shape index (κ1) is 23.2. The van der Waals surface area contributed by atoms with E-state index in [1.165, 1.54) is 5.56 Å². The minimum atomic E-state index is -3.69. The van der Waals surface area contributed by atoms with E-state index in [1.54, 1.807) is 36.4 Å². The molecule has 2 N–H and O–H groups in total. The number of hydrogen-bond donors (Lipinski definition) is 1. The summed E-state index contributed by atoms with van der Waals surface area (Å²) in [5.74, 6) is 0. The molecule has 1 aliphatic heterocycles. The van der Waals surface area contributed by atoms with Crippen LogP contribution in [-0.2, 0) is 22.8 Å². The average molecular weight is 462 g/mol. The van der Waals surface area contributed by atoms with Gasteiger partial charge in [0.05, 0.1) is 9.80 Å². The third-order valence-corrected chi connectivity index (χ3v) is 8.05. The van der Waals surface area contributed by atoms with E-state index in [1.807, 2.05) is 12.1 Å². The number of sulfone groups is 1. The molecule has 0 aromatic heterocycles. The van der Waals surface area contributed by atoms with Crippen molar-refractivity contribution in [2.24, 2.45) is 0 Å². The molecule has 0 saturated carbocycles. The van der Waals surface area contributed by atoms with E-state index in [0.717, 1.165) is 51.3 Å². The summed E-state index contributed by atoms with van der Waals surface area (Å²) < 4.78 is 26.0. The van der Waals surface area contributed by atoms with Gasteiger partial charge in [0.2, 0.25) is 9.84 Å². The van der Waals surface area contributed by atoms with E-state index < -0.39 is 9.84 Å². The fraction of sp³-hybridized carbons (Fsp3) is 0.259. The Kier molecular flexibility index (Phi) is 7.28. The van der Waals surface area contributed by atoms with Crippen LogP contribution in [0.4, 0.5) is 5.69 Å². The first-order valence-electron chi connectivity index (χ1n) is 11.3. The number of nitrogens with two attached hydrogens (primary N) is 1. The number of hydrogen-bond acceptors (Lipinski definition) is 5. The molecular formula is C27H31N3O2S. The maximum absolute atomic E-state index is 13.0. The van der Waals surface area contributed by atoms with Gasteiger partial charge in [-0.3, -0.25) is 4.90 Å². The highest BCUT2D eigenvalue weighted by Crippen LogP contribution is 2.31. The summed E-state index contributed by atoms with van der Waals surface area (Å²) in [5, 5.41) is 0. The quantitative estimate of drug-likeness (QED) is 0.512. The van der Waals surface area contributed by atoms with Crippen LogP contribution < -0.4 is 5.73 Å². The van der Waals surface area contributed by atoms with Crippen molar-refractivity contribution in [2.75, 3.05) is 38.5 Å². The lowest BCUT2D eigenvalue weighted by Crippen LogP contribution is -2.46. The zero-order valence-electron chi connectivity index (χ0n) is 18.9. The molecule has 6 heteroatoms. The number of anilines is 1. The van der Waals surface area contributed by atoms with Gasteiger partial charge in [-0.25, -0.2) is 8.42 Å². The third kappa shape index (κ3) is 5.53. The Morgan fingerprint density at radius 3 is 2.09 bits per heavy atom. The van der Waals surface area contributed by atoms with Gasteiger partial charge in [0.25, 0.3) is 0 Å². The Morgan fingerprint density at radius 1 is 0.818 bits per heavy atom. The second-order valence-corrected chi connectivity index (χ2v) is 10.4. The van der Waals surface area contributed by atoms with Gasteiger partial charge in [-0.05, 0) is 29.7 Å². The maximum Gasteiger partial charge on any atom is 0.206 e. The molecule has 1 fully saturated rings. The maximum atomic E-state index is 13.0. The molecule has 0 amide bonds. The van der Waals surface area contributed by atoms with Gasteiger partial charge in [0.1, 0.15) is 0 Å². The molecule has 1 heterocycles. The van der Waals surface area contributed by atoms with E-state index >= 15 is 0 Å². The number of para-hydroxylation sites is 1. The molecule has 1 saturated heterocycles. The normalized spacial score (nSPS) is 15.4. The van der Waals surface area contributed by atoms with Crippen LogP contribution in [0.1, 0.15) is 16.7 Å². The molecule has 0 bridgehead atoms. The van der Waals surface area contributed by atoms with Crippen LogP contribution >= 0.6 is 0 Å². The van der Waals surface area contributed by atoms with Gasteiger partial charge in [-0.1, -0.05) is 73.3 Å². The number of benzene rings is 3. The topological polar surface area (TPSA) is 66.6 Å². The zero-order valence-corrected chi connectivity index (χ0v) is 19.7. The fourth-order valence-electron chi connectivity index (χ4n) is 4.25. The second-order valence-electron chi connectivity index (χ2n) is 8.47. The molecule has 33 heavy (non-hydrogen) atoms. The van der Waals surface area contributed by atoms with Crippen LogP contribution in [0, 0.1) is 0 Å². The molecule has 0 radical (unpaired) electrons. The molecule has 172 valence electrons. The highest BCUT2D eigenvalue weighted by molar-refractivity contribution is 8.00. The Balaban J connectivity index is 1.36. The molecule has 3 aromatic carbocycles. The smallest absolute Gasteiger partial charge is 0.206 e. The Bertz CT molecular complexity index is 1190. The summed E-state index contributed by atoms with van der Waals surface area (Å²) in [6.07, 6.45) is 0.775. The molecular weight excluding hydrogens is 430 g/mol. The third-order valence-electron chi connectivity index (χ3n) is 6.29. The van der Waals surface area contributed by atoms with E-state index in [0.29, 0.717) is 11.3 Å². The summed E-state index contributed by atoms with van der Waals surface area (Å²) in [6.45, 7) is 9.87. The minimum absolute atomic E-state index is 0.0441. The second kappa shape index (κ2) is 10.3. The molecule has 4 rings (SSSR count). The molecule has 5 nitrogen and oxygen atoms in total. The van der Waals surface area contributed by atoms with Crippen LogP contribution in [0.25, 0.3) is 4.91 Å². The number of piperazine rings is 1. The van der Waals surface area contributed by atoms with Crippen molar-refractivity contribution in [1.29, 1.82) is 0 Å². The van der Waals surface area contributed by atoms with Crippen molar-refractivity contribution >= 4 is 20.4 Å². The van der Waals surface area contributed by atoms with Crippen LogP contribution in [0.15, 0.2) is 90.3 Å². The summed E-state index contributed by atoms with van der Waals surface area (Å²) in [7, 11) is -3.69. The first-order chi connectivity index (χ1) is 15.9. The molecule has 0 aliphatic carbocycles. The molecule has 0 atom stereocenters. The van der Waals surface area contributed by atoms with Crippen molar-refractivity contribution in [3.63, 3.8) is 0 Å². The predicted octanol–water partition coefficient (Wildman–Crippen LogP) is 4.07. The number of rotatable bonds is 8. The van der Waals surface area contributed by atoms with Crippen molar-refractivity contribution in [3.8, 4) is 0 Å². The molecule has 0 spiro atoms. The molecule has 3 aromatic rings. The lowest BCUT2D eigenvalue weighted by atomic mass is 10.0. The van der Waals surface area contributed by atoms with Gasteiger partial charge in [-0.2, -0.15) is 0 Å². The highest BCUT2D eigenvalue weighted by atomic mass is 32.2. The molecule has 1 aliphatic rings. The zero-order chi connectivity index (χ0) is 23.3. The van der Waals surface area contributed by atoms with E-state index in [-0.39, 0.29) is 9.80 Å². The van der Waals surface area contributed by atoms with E-state index in [9.17, 15) is 8.42 Å². The summed E-state index contributed by atoms with van der Waals surface area (Å²) in [4.78, 5) is 5.21. The summed E-state index contributed by atoms with van der Waals surface area (Å²) in [5.41, 5.74) is 9.73.